The summed E-state index contributed by atoms with van der Waals surface area (Å²) in [5.41, 5.74) is 1.52. The van der Waals surface area contributed by atoms with Crippen LogP contribution in [-0.2, 0) is 22.6 Å². The molecule has 0 aliphatic carbocycles. The van der Waals surface area contributed by atoms with Crippen molar-refractivity contribution in [3.05, 3.63) is 82.9 Å². The molecule has 1 aromatic heterocycles. The molecular weight excluding hydrogens is 456 g/mol. The van der Waals surface area contributed by atoms with E-state index in [0.29, 0.717) is 36.0 Å². The standard InChI is InChI=1S/C28H30N4O4/c33-26-18-36-25-14-6-2-9-20(25)8-1-5-13-24-23(30-26)12-7-16-32(24)27(34)15-17-31-19-29-22-11-4-3-10-21(22)28(31)35/h1-6,9-11,14,19,23-24H,7-8,12-13,15-18H2,(H,30,33)/b5-1+/t23-,24-/m1/s1. The van der Waals surface area contributed by atoms with Crippen molar-refractivity contribution in [1.82, 2.24) is 19.8 Å². The molecule has 3 aromatic rings. The Bertz CT molecular complexity index is 1350. The fraction of sp³-hybridized carbons (Fsp3) is 0.357. The van der Waals surface area contributed by atoms with Crippen LogP contribution in [0.2, 0.25) is 0 Å². The molecule has 36 heavy (non-hydrogen) atoms. The Balaban J connectivity index is 1.31. The van der Waals surface area contributed by atoms with E-state index < -0.39 is 0 Å². The van der Waals surface area contributed by atoms with Gasteiger partial charge >= 0.3 is 0 Å². The van der Waals surface area contributed by atoms with Crippen molar-refractivity contribution < 1.29 is 14.3 Å². The van der Waals surface area contributed by atoms with Crippen LogP contribution >= 0.6 is 0 Å². The van der Waals surface area contributed by atoms with Crippen molar-refractivity contribution in [3.8, 4) is 5.75 Å². The monoisotopic (exact) mass is 486 g/mol. The number of nitrogens with one attached hydrogen (secondary N) is 1. The number of carbonyl (C=O) groups excluding carboxylic acids is 2. The molecule has 2 amide bonds. The van der Waals surface area contributed by atoms with Crippen molar-refractivity contribution in [2.24, 2.45) is 0 Å². The lowest BCUT2D eigenvalue weighted by atomic mass is 9.92. The zero-order valence-corrected chi connectivity index (χ0v) is 20.1. The molecule has 2 aliphatic rings. The molecule has 0 radical (unpaired) electrons. The SMILES string of the molecule is O=C1COc2ccccc2C/C=C/C[C@@H]2[C@@H](CCCN2C(=O)CCn2cnc3ccccc3c2=O)N1. The molecular formula is C28H30N4O4. The lowest BCUT2D eigenvalue weighted by Gasteiger charge is -2.41. The highest BCUT2D eigenvalue weighted by Crippen LogP contribution is 2.24. The van der Waals surface area contributed by atoms with E-state index in [1.165, 1.54) is 10.9 Å². The molecule has 3 heterocycles. The summed E-state index contributed by atoms with van der Waals surface area (Å²) in [6.07, 6.45) is 8.84. The van der Waals surface area contributed by atoms with Crippen molar-refractivity contribution in [1.29, 1.82) is 0 Å². The summed E-state index contributed by atoms with van der Waals surface area (Å²) in [5, 5.41) is 3.64. The van der Waals surface area contributed by atoms with Gasteiger partial charge in [0, 0.05) is 25.6 Å². The minimum absolute atomic E-state index is 0.0268. The third kappa shape index (κ3) is 5.17. The number of benzene rings is 2. The number of likely N-dealkylation sites (tertiary alicyclic amines) is 1. The number of hydrogen-bond acceptors (Lipinski definition) is 5. The van der Waals surface area contributed by atoms with Gasteiger partial charge in [-0.3, -0.25) is 19.0 Å². The van der Waals surface area contributed by atoms with E-state index in [2.05, 4.69) is 22.5 Å². The van der Waals surface area contributed by atoms with Crippen LogP contribution in [0.3, 0.4) is 0 Å². The van der Waals surface area contributed by atoms with Gasteiger partial charge in [0.1, 0.15) is 5.75 Å². The van der Waals surface area contributed by atoms with Crippen molar-refractivity contribution in [2.45, 2.75) is 50.7 Å². The number of nitrogens with zero attached hydrogens (tertiary/aromatic N) is 3. The minimum atomic E-state index is -0.188. The average Bonchev–Trinajstić information content (AvgIpc) is 2.90. The third-order valence-electron chi connectivity index (χ3n) is 6.96. The Hall–Kier alpha value is -3.94. The van der Waals surface area contributed by atoms with Crippen LogP contribution in [0.5, 0.6) is 5.75 Å². The maximum atomic E-state index is 13.3. The number of aryl methyl sites for hydroxylation is 1. The highest BCUT2D eigenvalue weighted by Gasteiger charge is 2.34. The first kappa shape index (κ1) is 23.8. The Labute approximate surface area is 209 Å². The Morgan fingerprint density at radius 1 is 1.08 bits per heavy atom. The predicted molar refractivity (Wildman–Crippen MR) is 137 cm³/mol. The topological polar surface area (TPSA) is 93.5 Å². The van der Waals surface area contributed by atoms with Crippen LogP contribution in [0, 0.1) is 0 Å². The van der Waals surface area contributed by atoms with Crippen LogP contribution in [0.1, 0.15) is 31.2 Å². The molecule has 186 valence electrons. The second-order valence-electron chi connectivity index (χ2n) is 9.29. The Kier molecular flexibility index (Phi) is 7.11. The van der Waals surface area contributed by atoms with Gasteiger partial charge in [0.15, 0.2) is 6.61 Å². The van der Waals surface area contributed by atoms with Gasteiger partial charge in [-0.1, -0.05) is 42.5 Å². The number of allylic oxidation sites excluding steroid dienone is 1. The average molecular weight is 487 g/mol. The number of hydrogen-bond donors (Lipinski definition) is 1. The molecule has 5 rings (SSSR count). The number of amides is 2. The Morgan fingerprint density at radius 2 is 1.92 bits per heavy atom. The number of ether oxygens (including phenoxy) is 1. The fourth-order valence-electron chi connectivity index (χ4n) is 5.10. The van der Waals surface area contributed by atoms with Gasteiger partial charge in [0.05, 0.1) is 23.3 Å². The lowest BCUT2D eigenvalue weighted by molar-refractivity contribution is -0.137. The van der Waals surface area contributed by atoms with Gasteiger partial charge in [0.2, 0.25) is 5.91 Å². The molecule has 0 unspecified atom stereocenters. The molecule has 8 heteroatoms. The number of piperidine rings is 1. The summed E-state index contributed by atoms with van der Waals surface area (Å²) < 4.78 is 7.29. The number of para-hydroxylation sites is 2. The van der Waals surface area contributed by atoms with E-state index in [4.69, 9.17) is 4.74 Å². The number of fused-ring (bicyclic) bond motifs is 3. The normalized spacial score (nSPS) is 21.2. The zero-order chi connectivity index (χ0) is 24.9. The van der Waals surface area contributed by atoms with Crippen LogP contribution in [-0.4, -0.2) is 51.5 Å². The van der Waals surface area contributed by atoms with Crippen LogP contribution in [0.25, 0.3) is 10.9 Å². The summed E-state index contributed by atoms with van der Waals surface area (Å²) in [7, 11) is 0. The third-order valence-corrected chi connectivity index (χ3v) is 6.96. The maximum absolute atomic E-state index is 13.3. The van der Waals surface area contributed by atoms with Crippen LogP contribution < -0.4 is 15.6 Å². The van der Waals surface area contributed by atoms with Crippen molar-refractivity contribution in [3.63, 3.8) is 0 Å². The first-order valence-corrected chi connectivity index (χ1v) is 12.5. The second-order valence-corrected chi connectivity index (χ2v) is 9.29. The highest BCUT2D eigenvalue weighted by molar-refractivity contribution is 5.79. The quantitative estimate of drug-likeness (QED) is 0.575. The van der Waals surface area contributed by atoms with Crippen molar-refractivity contribution in [2.75, 3.05) is 13.2 Å². The van der Waals surface area contributed by atoms with Gasteiger partial charge in [0.25, 0.3) is 11.5 Å². The molecule has 2 aromatic carbocycles. The van der Waals surface area contributed by atoms with Crippen LogP contribution in [0.4, 0.5) is 0 Å². The second kappa shape index (κ2) is 10.8. The first-order chi connectivity index (χ1) is 17.6. The predicted octanol–water partition coefficient (Wildman–Crippen LogP) is 2.84. The maximum Gasteiger partial charge on any atom is 0.261 e. The van der Waals surface area contributed by atoms with Gasteiger partial charge in [-0.05, 0) is 49.4 Å². The molecule has 1 N–H and O–H groups in total. The van der Waals surface area contributed by atoms with Gasteiger partial charge in [-0.15, -0.1) is 0 Å². The summed E-state index contributed by atoms with van der Waals surface area (Å²) >= 11 is 0. The molecule has 0 saturated carbocycles. The summed E-state index contributed by atoms with van der Waals surface area (Å²) in [4.78, 5) is 45.1. The van der Waals surface area contributed by atoms with E-state index in [9.17, 15) is 14.4 Å². The zero-order valence-electron chi connectivity index (χ0n) is 20.1. The molecule has 0 spiro atoms. The largest absolute Gasteiger partial charge is 0.483 e. The van der Waals surface area contributed by atoms with Crippen molar-refractivity contribution >= 4 is 22.7 Å². The highest BCUT2D eigenvalue weighted by atomic mass is 16.5. The smallest absolute Gasteiger partial charge is 0.261 e. The van der Waals surface area contributed by atoms with E-state index in [0.717, 1.165) is 18.4 Å². The van der Waals surface area contributed by atoms with E-state index in [1.54, 1.807) is 12.1 Å². The molecule has 1 saturated heterocycles. The molecule has 8 nitrogen and oxygen atoms in total. The van der Waals surface area contributed by atoms with Gasteiger partial charge < -0.3 is 15.0 Å². The fourth-order valence-corrected chi connectivity index (χ4v) is 5.10. The minimum Gasteiger partial charge on any atom is -0.483 e. The number of carbonyl (C=O) groups is 2. The molecule has 0 bridgehead atoms. The van der Waals surface area contributed by atoms with E-state index in [-0.39, 0.29) is 49.0 Å². The Morgan fingerprint density at radius 3 is 2.83 bits per heavy atom. The number of aromatic nitrogens is 2. The van der Waals surface area contributed by atoms with Gasteiger partial charge in [-0.25, -0.2) is 4.98 Å². The summed E-state index contributed by atoms with van der Waals surface area (Å²) in [6, 6.07) is 14.6. The summed E-state index contributed by atoms with van der Waals surface area (Å²) in [5.74, 6) is 0.502. The molecule has 2 aliphatic heterocycles. The summed E-state index contributed by atoms with van der Waals surface area (Å²) in [6.45, 7) is 0.833. The molecule has 2 atom stereocenters. The van der Waals surface area contributed by atoms with E-state index >= 15 is 0 Å². The number of rotatable bonds is 3. The van der Waals surface area contributed by atoms with E-state index in [1.807, 2.05) is 41.3 Å². The van der Waals surface area contributed by atoms with Crippen LogP contribution in [0.15, 0.2) is 71.8 Å². The lowest BCUT2D eigenvalue weighted by Crippen LogP contribution is -2.57. The first-order valence-electron chi connectivity index (χ1n) is 12.5. The van der Waals surface area contributed by atoms with Gasteiger partial charge in [-0.2, -0.15) is 0 Å². The molecule has 1 fully saturated rings.